The van der Waals surface area contributed by atoms with E-state index in [1.165, 1.54) is 16.7 Å². The number of benzene rings is 2. The average Bonchev–Trinajstić information content (AvgIpc) is 3.16. The zero-order chi connectivity index (χ0) is 18.8. The Morgan fingerprint density at radius 1 is 1.07 bits per heavy atom. The Labute approximate surface area is 161 Å². The summed E-state index contributed by atoms with van der Waals surface area (Å²) in [5, 5.41) is 2.77. The number of nitrogens with one attached hydrogen (secondary N) is 3. The molecular weight excluding hydrogens is 336 g/mol. The number of likely N-dealkylation sites (N-methyl/N-ethyl adjacent to an activating group) is 1. The summed E-state index contributed by atoms with van der Waals surface area (Å²) in [6, 6.07) is 20.0. The molecule has 4 rings (SSSR count). The van der Waals surface area contributed by atoms with Crippen molar-refractivity contribution in [2.24, 2.45) is 5.92 Å². The first kappa shape index (κ1) is 18.2. The first-order valence-corrected chi connectivity index (χ1v) is 9.79. The number of rotatable bonds is 4. The van der Waals surface area contributed by atoms with Crippen molar-refractivity contribution in [1.82, 2.24) is 21.1 Å². The summed E-state index contributed by atoms with van der Waals surface area (Å²) in [5.74, 6) is 0.546. The molecule has 2 aromatic carbocycles. The molecule has 0 aromatic heterocycles. The van der Waals surface area contributed by atoms with Gasteiger partial charge in [-0.1, -0.05) is 54.6 Å². The summed E-state index contributed by atoms with van der Waals surface area (Å²) in [6.07, 6.45) is 1.05. The zero-order valence-electron chi connectivity index (χ0n) is 16.0. The lowest BCUT2D eigenvalue weighted by Crippen LogP contribution is -2.52. The van der Waals surface area contributed by atoms with Crippen molar-refractivity contribution in [1.29, 1.82) is 0 Å². The molecule has 2 aliphatic heterocycles. The Hall–Kier alpha value is -2.21. The molecule has 4 unspecified atom stereocenters. The fourth-order valence-electron chi connectivity index (χ4n) is 4.40. The van der Waals surface area contributed by atoms with Crippen molar-refractivity contribution in [3.8, 4) is 11.1 Å². The molecule has 4 atom stereocenters. The largest absolute Gasteiger partial charge is 0.358 e. The van der Waals surface area contributed by atoms with E-state index in [9.17, 15) is 4.79 Å². The quantitative estimate of drug-likeness (QED) is 0.779. The fraction of sp³-hybridized carbons (Fsp3) is 0.409. The minimum atomic E-state index is -0.0855. The predicted molar refractivity (Wildman–Crippen MR) is 108 cm³/mol. The third kappa shape index (κ3) is 3.63. The number of hydrogen-bond donors (Lipinski definition) is 3. The standard InChI is InChI=1S/C22H28N4O/c1-15(22(27)23-2)26-13-12-20-19(14-26)21(25-24-20)18-10-8-17(9-11-18)16-6-4-3-5-7-16/h3-11,15,19-21,24-25H,12-14H2,1-2H3,(H,23,27). The van der Waals surface area contributed by atoms with Gasteiger partial charge in [-0.3, -0.25) is 15.1 Å². The van der Waals surface area contributed by atoms with Crippen LogP contribution >= 0.6 is 0 Å². The van der Waals surface area contributed by atoms with Crippen LogP contribution in [0.3, 0.4) is 0 Å². The van der Waals surface area contributed by atoms with Gasteiger partial charge in [0, 0.05) is 32.1 Å². The van der Waals surface area contributed by atoms with Crippen LogP contribution in [0.2, 0.25) is 0 Å². The number of likely N-dealkylation sites (tertiary alicyclic amines) is 1. The van der Waals surface area contributed by atoms with E-state index in [2.05, 4.69) is 69.6 Å². The Bertz CT molecular complexity index is 777. The molecule has 0 saturated carbocycles. The Balaban J connectivity index is 1.50. The first-order chi connectivity index (χ1) is 13.2. The normalized spacial score (nSPS) is 26.4. The number of fused-ring (bicyclic) bond motifs is 1. The molecule has 3 N–H and O–H groups in total. The molecule has 2 aromatic rings. The molecule has 27 heavy (non-hydrogen) atoms. The molecule has 142 valence electrons. The summed E-state index contributed by atoms with van der Waals surface area (Å²) in [4.78, 5) is 14.3. The number of amides is 1. The van der Waals surface area contributed by atoms with Crippen molar-refractivity contribution in [2.45, 2.75) is 31.5 Å². The Morgan fingerprint density at radius 3 is 2.48 bits per heavy atom. The molecule has 2 fully saturated rings. The third-order valence-corrected chi connectivity index (χ3v) is 6.09. The minimum absolute atomic E-state index is 0.0855. The number of hydrazine groups is 1. The Morgan fingerprint density at radius 2 is 1.78 bits per heavy atom. The van der Waals surface area contributed by atoms with E-state index in [1.54, 1.807) is 7.05 Å². The van der Waals surface area contributed by atoms with Gasteiger partial charge in [0.25, 0.3) is 0 Å². The van der Waals surface area contributed by atoms with Gasteiger partial charge in [-0.05, 0) is 30.0 Å². The fourth-order valence-corrected chi connectivity index (χ4v) is 4.40. The van der Waals surface area contributed by atoms with E-state index >= 15 is 0 Å². The molecule has 1 amide bonds. The van der Waals surface area contributed by atoms with Gasteiger partial charge >= 0.3 is 0 Å². The van der Waals surface area contributed by atoms with Crippen LogP contribution in [0, 0.1) is 5.92 Å². The van der Waals surface area contributed by atoms with Gasteiger partial charge in [-0.25, -0.2) is 5.43 Å². The smallest absolute Gasteiger partial charge is 0.236 e. The maximum absolute atomic E-state index is 12.0. The maximum atomic E-state index is 12.0. The first-order valence-electron chi connectivity index (χ1n) is 9.79. The third-order valence-electron chi connectivity index (χ3n) is 6.09. The molecule has 5 heteroatoms. The van der Waals surface area contributed by atoms with Crippen LogP contribution in [0.1, 0.15) is 24.9 Å². The second-order valence-electron chi connectivity index (χ2n) is 7.60. The van der Waals surface area contributed by atoms with Crippen molar-refractivity contribution in [3.05, 3.63) is 60.2 Å². The van der Waals surface area contributed by atoms with Crippen LogP contribution in [0.4, 0.5) is 0 Å². The zero-order valence-corrected chi connectivity index (χ0v) is 16.0. The van der Waals surface area contributed by atoms with Crippen LogP contribution < -0.4 is 16.2 Å². The molecule has 0 bridgehead atoms. The van der Waals surface area contributed by atoms with Crippen LogP contribution in [0.5, 0.6) is 0 Å². The topological polar surface area (TPSA) is 56.4 Å². The highest BCUT2D eigenvalue weighted by molar-refractivity contribution is 5.81. The minimum Gasteiger partial charge on any atom is -0.358 e. The van der Waals surface area contributed by atoms with E-state index in [-0.39, 0.29) is 18.0 Å². The molecular formula is C22H28N4O. The van der Waals surface area contributed by atoms with Crippen LogP contribution in [-0.4, -0.2) is 43.0 Å². The molecule has 0 spiro atoms. The van der Waals surface area contributed by atoms with Gasteiger partial charge in [0.05, 0.1) is 12.1 Å². The highest BCUT2D eigenvalue weighted by atomic mass is 16.2. The van der Waals surface area contributed by atoms with Crippen molar-refractivity contribution in [3.63, 3.8) is 0 Å². The van der Waals surface area contributed by atoms with E-state index in [1.807, 2.05) is 13.0 Å². The number of carbonyl (C=O) groups excluding carboxylic acids is 1. The van der Waals surface area contributed by atoms with Gasteiger partial charge in [-0.15, -0.1) is 0 Å². The summed E-state index contributed by atoms with van der Waals surface area (Å²) >= 11 is 0. The lowest BCUT2D eigenvalue weighted by molar-refractivity contribution is -0.126. The van der Waals surface area contributed by atoms with E-state index in [0.717, 1.165) is 19.5 Å². The molecule has 2 aliphatic rings. The SMILES string of the molecule is CNC(=O)C(C)N1CCC2NNC(c3ccc(-c4ccccc4)cc3)C2C1. The van der Waals surface area contributed by atoms with E-state index in [0.29, 0.717) is 12.0 Å². The number of carbonyl (C=O) groups is 1. The summed E-state index contributed by atoms with van der Waals surface area (Å²) < 4.78 is 0. The van der Waals surface area contributed by atoms with E-state index < -0.39 is 0 Å². The van der Waals surface area contributed by atoms with Gasteiger partial charge in [0.2, 0.25) is 5.91 Å². The summed E-state index contributed by atoms with van der Waals surface area (Å²) in [7, 11) is 1.71. The van der Waals surface area contributed by atoms with Crippen LogP contribution in [-0.2, 0) is 4.79 Å². The van der Waals surface area contributed by atoms with Crippen molar-refractivity contribution < 1.29 is 4.79 Å². The lowest BCUT2D eigenvalue weighted by Gasteiger charge is -2.38. The predicted octanol–water partition coefficient (Wildman–Crippen LogP) is 2.33. The van der Waals surface area contributed by atoms with Crippen LogP contribution in [0.25, 0.3) is 11.1 Å². The molecule has 2 saturated heterocycles. The number of nitrogens with zero attached hydrogens (tertiary/aromatic N) is 1. The lowest BCUT2D eigenvalue weighted by atomic mass is 9.84. The molecule has 0 aliphatic carbocycles. The van der Waals surface area contributed by atoms with Gasteiger partial charge < -0.3 is 5.32 Å². The van der Waals surface area contributed by atoms with Crippen molar-refractivity contribution >= 4 is 5.91 Å². The van der Waals surface area contributed by atoms with Gasteiger partial charge in [0.1, 0.15) is 0 Å². The van der Waals surface area contributed by atoms with Crippen LogP contribution in [0.15, 0.2) is 54.6 Å². The van der Waals surface area contributed by atoms with E-state index in [4.69, 9.17) is 0 Å². The Kier molecular flexibility index (Phi) is 5.25. The van der Waals surface area contributed by atoms with Crippen molar-refractivity contribution in [2.75, 3.05) is 20.1 Å². The average molecular weight is 364 g/mol. The van der Waals surface area contributed by atoms with Gasteiger partial charge in [-0.2, -0.15) is 0 Å². The second-order valence-corrected chi connectivity index (χ2v) is 7.60. The summed E-state index contributed by atoms with van der Waals surface area (Å²) in [5.41, 5.74) is 10.7. The second kappa shape index (κ2) is 7.80. The monoisotopic (exact) mass is 364 g/mol. The van der Waals surface area contributed by atoms with Gasteiger partial charge in [0.15, 0.2) is 0 Å². The highest BCUT2D eigenvalue weighted by Crippen LogP contribution is 2.35. The maximum Gasteiger partial charge on any atom is 0.236 e. The molecule has 5 nitrogen and oxygen atoms in total. The number of piperidine rings is 1. The molecule has 0 radical (unpaired) electrons. The summed E-state index contributed by atoms with van der Waals surface area (Å²) in [6.45, 7) is 3.87. The number of hydrogen-bond acceptors (Lipinski definition) is 4. The highest BCUT2D eigenvalue weighted by Gasteiger charge is 2.41. The molecule has 2 heterocycles.